The van der Waals surface area contributed by atoms with Crippen molar-refractivity contribution < 1.29 is 9.53 Å². The minimum absolute atomic E-state index is 0.358. The molecule has 0 saturated carbocycles. The lowest BCUT2D eigenvalue weighted by molar-refractivity contribution is 0.0602. The van der Waals surface area contributed by atoms with Gasteiger partial charge in [0, 0.05) is 24.5 Å². The van der Waals surface area contributed by atoms with Crippen molar-refractivity contribution in [3.8, 4) is 0 Å². The first-order valence-corrected chi connectivity index (χ1v) is 7.37. The molecule has 3 rings (SSSR count). The normalized spacial score (nSPS) is 20.5. The molecule has 1 aliphatic carbocycles. The minimum atomic E-state index is 0.358. The molecule has 0 unspecified atom stereocenters. The molecule has 2 nitrogen and oxygen atoms in total. The lowest BCUT2D eigenvalue weighted by Gasteiger charge is -2.20. The summed E-state index contributed by atoms with van der Waals surface area (Å²) in [5.41, 5.74) is 1.44. The Balaban J connectivity index is 1.64. The zero-order chi connectivity index (χ0) is 11.7. The maximum atomic E-state index is 12.2. The third-order valence-electron chi connectivity index (χ3n) is 3.84. The smallest absolute Gasteiger partial charge is 0.173 e. The van der Waals surface area contributed by atoms with Gasteiger partial charge in [0.15, 0.2) is 5.78 Å². The minimum Gasteiger partial charge on any atom is -0.381 e. The van der Waals surface area contributed by atoms with Crippen molar-refractivity contribution in [1.82, 2.24) is 0 Å². The van der Waals surface area contributed by atoms with Crippen LogP contribution in [0.3, 0.4) is 0 Å². The zero-order valence-corrected chi connectivity index (χ0v) is 10.9. The quantitative estimate of drug-likeness (QED) is 0.770. The van der Waals surface area contributed by atoms with Crippen molar-refractivity contribution in [2.75, 3.05) is 13.2 Å². The summed E-state index contributed by atoms with van der Waals surface area (Å²) in [4.78, 5) is 14.6. The average Bonchev–Trinajstić information content (AvgIpc) is 2.90. The molecule has 2 aliphatic rings. The monoisotopic (exact) mass is 250 g/mol. The number of hydrogen-bond acceptors (Lipinski definition) is 3. The van der Waals surface area contributed by atoms with Gasteiger partial charge < -0.3 is 4.74 Å². The van der Waals surface area contributed by atoms with E-state index in [1.54, 1.807) is 11.3 Å². The van der Waals surface area contributed by atoms with Crippen LogP contribution in [-0.4, -0.2) is 19.0 Å². The number of Topliss-reactive ketones (excluding diaryl/α,β-unsaturated/α-hetero) is 1. The van der Waals surface area contributed by atoms with Crippen LogP contribution in [0.4, 0.5) is 0 Å². The van der Waals surface area contributed by atoms with Gasteiger partial charge in [0.25, 0.3) is 0 Å². The standard InChI is InChI=1S/C14H18O2S/c15-12(8-10-4-6-16-7-5-10)14-9-11-2-1-3-13(11)17-14/h9-10H,1-8H2. The van der Waals surface area contributed by atoms with Gasteiger partial charge in [0.1, 0.15) is 0 Å². The molecule has 0 bridgehead atoms. The van der Waals surface area contributed by atoms with E-state index < -0.39 is 0 Å². The fourth-order valence-electron chi connectivity index (χ4n) is 2.78. The second kappa shape index (κ2) is 4.91. The first-order valence-electron chi connectivity index (χ1n) is 6.55. The van der Waals surface area contributed by atoms with Gasteiger partial charge >= 0.3 is 0 Å². The molecule has 1 aromatic heterocycles. The van der Waals surface area contributed by atoms with Crippen LogP contribution in [-0.2, 0) is 17.6 Å². The fraction of sp³-hybridized carbons (Fsp3) is 0.643. The highest BCUT2D eigenvalue weighted by atomic mass is 32.1. The lowest BCUT2D eigenvalue weighted by Crippen LogP contribution is -2.18. The summed E-state index contributed by atoms with van der Waals surface area (Å²) in [7, 11) is 0. The predicted molar refractivity (Wildman–Crippen MR) is 68.8 cm³/mol. The van der Waals surface area contributed by atoms with Gasteiger partial charge in [0.2, 0.25) is 0 Å². The topological polar surface area (TPSA) is 26.3 Å². The van der Waals surface area contributed by atoms with Crippen molar-refractivity contribution in [3.05, 3.63) is 21.4 Å². The Morgan fingerprint density at radius 3 is 2.94 bits per heavy atom. The SMILES string of the molecule is O=C(CC1CCOCC1)c1cc2c(s1)CCC2. The van der Waals surface area contributed by atoms with Gasteiger partial charge in [-0.25, -0.2) is 0 Å². The number of thiophene rings is 1. The molecule has 1 aromatic rings. The van der Waals surface area contributed by atoms with Crippen LogP contribution in [0, 0.1) is 5.92 Å². The van der Waals surface area contributed by atoms with E-state index in [4.69, 9.17) is 4.74 Å². The molecule has 0 radical (unpaired) electrons. The predicted octanol–water partition coefficient (Wildman–Crippen LogP) is 3.24. The Morgan fingerprint density at radius 1 is 1.35 bits per heavy atom. The Morgan fingerprint density at radius 2 is 2.18 bits per heavy atom. The fourth-order valence-corrected chi connectivity index (χ4v) is 3.98. The second-order valence-corrected chi connectivity index (χ2v) is 6.23. The van der Waals surface area contributed by atoms with E-state index in [1.807, 2.05) is 0 Å². The highest BCUT2D eigenvalue weighted by Gasteiger charge is 2.22. The van der Waals surface area contributed by atoms with Crippen LogP contribution >= 0.6 is 11.3 Å². The van der Waals surface area contributed by atoms with E-state index in [-0.39, 0.29) is 0 Å². The summed E-state index contributed by atoms with van der Waals surface area (Å²) >= 11 is 1.74. The average molecular weight is 250 g/mol. The lowest BCUT2D eigenvalue weighted by atomic mass is 9.94. The van der Waals surface area contributed by atoms with Crippen LogP contribution in [0.5, 0.6) is 0 Å². The third kappa shape index (κ3) is 2.45. The van der Waals surface area contributed by atoms with E-state index >= 15 is 0 Å². The van der Waals surface area contributed by atoms with Crippen molar-refractivity contribution in [1.29, 1.82) is 0 Å². The Hall–Kier alpha value is -0.670. The number of carbonyl (C=O) groups is 1. The molecule has 0 spiro atoms. The van der Waals surface area contributed by atoms with Crippen LogP contribution < -0.4 is 0 Å². The van der Waals surface area contributed by atoms with Gasteiger partial charge in [-0.05, 0) is 49.7 Å². The molecule has 1 saturated heterocycles. The molecular formula is C14H18O2S. The summed E-state index contributed by atoms with van der Waals surface area (Å²) < 4.78 is 5.33. The number of hydrogen-bond donors (Lipinski definition) is 0. The van der Waals surface area contributed by atoms with Crippen molar-refractivity contribution in [2.24, 2.45) is 5.92 Å². The summed E-state index contributed by atoms with van der Waals surface area (Å²) in [6, 6.07) is 2.15. The summed E-state index contributed by atoms with van der Waals surface area (Å²) in [6.45, 7) is 1.66. The van der Waals surface area contributed by atoms with E-state index in [2.05, 4.69) is 6.07 Å². The van der Waals surface area contributed by atoms with E-state index in [1.165, 1.54) is 29.7 Å². The summed E-state index contributed by atoms with van der Waals surface area (Å²) in [5, 5.41) is 0. The van der Waals surface area contributed by atoms with E-state index in [0.29, 0.717) is 11.7 Å². The summed E-state index contributed by atoms with van der Waals surface area (Å²) in [5.74, 6) is 0.907. The zero-order valence-electron chi connectivity index (χ0n) is 10.0. The molecule has 3 heteroatoms. The Labute approximate surface area is 106 Å². The second-order valence-electron chi connectivity index (χ2n) is 5.10. The maximum Gasteiger partial charge on any atom is 0.173 e. The van der Waals surface area contributed by atoms with Gasteiger partial charge in [-0.1, -0.05) is 0 Å². The molecular weight excluding hydrogens is 232 g/mol. The number of ketones is 1. The Bertz CT molecular complexity index is 394. The van der Waals surface area contributed by atoms with Crippen molar-refractivity contribution in [3.63, 3.8) is 0 Å². The number of carbonyl (C=O) groups excluding carboxylic acids is 1. The molecule has 0 atom stereocenters. The van der Waals surface area contributed by atoms with Crippen LogP contribution in [0.25, 0.3) is 0 Å². The molecule has 1 aliphatic heterocycles. The largest absolute Gasteiger partial charge is 0.381 e. The van der Waals surface area contributed by atoms with Crippen molar-refractivity contribution >= 4 is 17.1 Å². The van der Waals surface area contributed by atoms with Crippen LogP contribution in [0.2, 0.25) is 0 Å². The van der Waals surface area contributed by atoms with Gasteiger partial charge in [-0.3, -0.25) is 4.79 Å². The molecule has 1 fully saturated rings. The molecule has 0 N–H and O–H groups in total. The van der Waals surface area contributed by atoms with Crippen LogP contribution in [0.15, 0.2) is 6.07 Å². The van der Waals surface area contributed by atoms with E-state index in [0.717, 1.165) is 37.4 Å². The maximum absolute atomic E-state index is 12.2. The van der Waals surface area contributed by atoms with Gasteiger partial charge in [-0.15, -0.1) is 11.3 Å². The number of ether oxygens (including phenoxy) is 1. The highest BCUT2D eigenvalue weighted by molar-refractivity contribution is 7.14. The molecule has 92 valence electrons. The van der Waals surface area contributed by atoms with Crippen molar-refractivity contribution in [2.45, 2.75) is 38.5 Å². The van der Waals surface area contributed by atoms with Gasteiger partial charge in [-0.2, -0.15) is 0 Å². The third-order valence-corrected chi connectivity index (χ3v) is 5.11. The summed E-state index contributed by atoms with van der Waals surface area (Å²) in [6.07, 6.45) is 6.47. The highest BCUT2D eigenvalue weighted by Crippen LogP contribution is 2.32. The molecule has 17 heavy (non-hydrogen) atoms. The number of rotatable bonds is 3. The molecule has 0 aromatic carbocycles. The first kappa shape index (κ1) is 11.4. The molecule has 2 heterocycles. The number of aryl methyl sites for hydroxylation is 2. The van der Waals surface area contributed by atoms with E-state index in [9.17, 15) is 4.79 Å². The first-order chi connectivity index (χ1) is 8.33. The van der Waals surface area contributed by atoms with Gasteiger partial charge in [0.05, 0.1) is 4.88 Å². The Kier molecular flexibility index (Phi) is 3.30. The molecule has 0 amide bonds. The van der Waals surface area contributed by atoms with Crippen LogP contribution in [0.1, 0.15) is 45.8 Å². The number of fused-ring (bicyclic) bond motifs is 1.